The number of ether oxygens (including phenoxy) is 8. The Morgan fingerprint density at radius 1 is 0.472 bits per heavy atom. The highest BCUT2D eigenvalue weighted by atomic mass is 35.7. The number of aromatic nitrogens is 4. The zero-order valence-electron chi connectivity index (χ0n) is 68.0. The fraction of sp³-hybridized carbons (Fsp3) is 0.268. The van der Waals surface area contributed by atoms with Gasteiger partial charge in [0, 0.05) is 78.6 Å². The molecule has 8 rings (SSSR count). The number of esters is 6. The predicted octanol–water partition coefficient (Wildman–Crippen LogP) is 3.86. The Labute approximate surface area is 719 Å². The number of hydrogen-bond donors (Lipinski definition) is 6. The summed E-state index contributed by atoms with van der Waals surface area (Å²) in [5, 5.41) is 48.0. The minimum absolute atomic E-state index is 0.00688. The van der Waals surface area contributed by atoms with E-state index in [1.54, 1.807) is 49.4 Å². The van der Waals surface area contributed by atoms with Crippen LogP contribution in [0.5, 0.6) is 17.5 Å². The van der Waals surface area contributed by atoms with Gasteiger partial charge in [-0.05, 0) is 96.8 Å². The van der Waals surface area contributed by atoms with Gasteiger partial charge in [-0.3, -0.25) is 45.2 Å². The molecule has 0 saturated carbocycles. The molecule has 6 aromatic carbocycles. The number of primary sulfonamides is 1. The Kier molecular flexibility index (Phi) is 43.0. The second kappa shape index (κ2) is 49.8. The number of anilines is 1. The number of rotatable bonds is 28. The first-order valence-corrected chi connectivity index (χ1v) is 45.5. The molecule has 0 radical (unpaired) electrons. The van der Waals surface area contributed by atoms with Crippen molar-refractivity contribution in [2.75, 3.05) is 85.9 Å². The highest BCUT2D eigenvalue weighted by Gasteiger charge is 2.29. The van der Waals surface area contributed by atoms with Crippen LogP contribution >= 0.6 is 10.7 Å². The molecule has 0 aliphatic heterocycles. The largest absolute Gasteiger partial charge is 0.481 e. The first-order chi connectivity index (χ1) is 58.0. The Hall–Kier alpha value is -13.2. The number of nitrogens with two attached hydrogens (primary N) is 2. The summed E-state index contributed by atoms with van der Waals surface area (Å²) >= 11 is 0. The number of aryl methyl sites for hydroxylation is 2. The number of nitro benzene ring substituents is 3. The number of para-hydroxylation sites is 1. The highest BCUT2D eigenvalue weighted by Crippen LogP contribution is 2.26. The van der Waals surface area contributed by atoms with E-state index in [1.807, 2.05) is 13.0 Å². The van der Waals surface area contributed by atoms with E-state index in [-0.39, 0.29) is 89.1 Å². The van der Waals surface area contributed by atoms with Crippen LogP contribution in [0.3, 0.4) is 0 Å². The summed E-state index contributed by atoms with van der Waals surface area (Å²) in [7, 11) is -9.05. The van der Waals surface area contributed by atoms with Gasteiger partial charge in [0.25, 0.3) is 17.1 Å². The second-order valence-corrected chi connectivity index (χ2v) is 36.3. The monoisotopic (exact) mass is 1880 g/mol. The highest BCUT2D eigenvalue weighted by molar-refractivity contribution is 8.13. The number of halogens is 1. The fourth-order valence-corrected chi connectivity index (χ4v) is 12.5. The average molecular weight is 1890 g/mol. The summed E-state index contributed by atoms with van der Waals surface area (Å²) in [5.74, 6) is -5.16. The Morgan fingerprint density at radius 3 is 1.21 bits per heavy atom. The first kappa shape index (κ1) is 108. The van der Waals surface area contributed by atoms with Gasteiger partial charge in [0.05, 0.1) is 122 Å². The molecule has 0 aliphatic carbocycles. The maximum absolute atomic E-state index is 12.9. The number of sulfonamides is 4. The topological polar surface area (TPSA) is 703 Å². The van der Waals surface area contributed by atoms with Crippen molar-refractivity contribution < 1.29 is 137 Å². The lowest BCUT2D eigenvalue weighted by Crippen LogP contribution is -2.26. The number of nitrogens with zero attached hydrogens (tertiary/aromatic N) is 8. The number of hydrogen-bond acceptors (Lipinski definition) is 39. The SMILES string of the molecule is COC(=O)c1ccc(C#N)cc1[N+](=O)[O-].COC(=O)c1ccc(CN)cc1[N+](=O)[O-].COC(=O)c1ccc(CNS(C)(=O)=O)cc1S(=O)(=O)CC(=O)Nc1nc(C)cc(OC)n1.COC(=O)c1ccc(CNS(C)(=O)=O)cc1S(N)(=O)=O.COC(=O)c1ccc(CNS(C)(=O)=O)cc1[N+](=O)[O-].COc1cc(C)nc(CC(=O)Oc2ccccc2)n1.CS(=O)(=O)Cl. The number of nitrogens with one attached hydrogen (secondary N) is 4. The van der Waals surface area contributed by atoms with Gasteiger partial charge >= 0.3 is 35.8 Å². The number of carbonyl (C=O) groups excluding carboxylic acids is 7. The summed E-state index contributed by atoms with van der Waals surface area (Å²) in [6.45, 7) is 3.20. The molecular formula is C71H81ClN14O33S6. The number of methoxy groups -OCH3 is 7. The van der Waals surface area contributed by atoms with E-state index in [9.17, 15) is 114 Å². The molecule has 0 spiro atoms. The molecule has 0 atom stereocenters. The van der Waals surface area contributed by atoms with Gasteiger partial charge in [0.2, 0.25) is 72.8 Å². The molecule has 8 N–H and O–H groups in total. The minimum atomic E-state index is -4.34. The van der Waals surface area contributed by atoms with Crippen LogP contribution in [-0.4, -0.2) is 207 Å². The van der Waals surface area contributed by atoms with Crippen LogP contribution in [0, 0.1) is 55.5 Å². The van der Waals surface area contributed by atoms with Crippen molar-refractivity contribution in [3.63, 3.8) is 0 Å². The number of sulfone groups is 1. The third kappa shape index (κ3) is 40.2. The van der Waals surface area contributed by atoms with Gasteiger partial charge in [-0.1, -0.05) is 42.5 Å². The standard InChI is InChI=1S/C18H22N4O8S2.C14H14N2O3.C10H14N2O6S2.C10H12N2O6S.C9H10N2O4.C9H6N2O4.CH3ClO2S/c1-11-7-16(29-2)22-18(20-11)21-15(23)10-32(27,28)14-8-12(9-19-31(4,25)26)5-6-13(14)17(24)30-3;1-10-8-13(18-2)16-12(15-10)9-14(17)19-11-6-4-3-5-7-11;1-18-10(13)8-4-3-7(6-12-19(2,14)15)5-9(8)20(11,16)17;1-18-10(13)8-4-3-7(5-9(8)12(14)15)6-11-19(2,16)17;2*1-15-9(12)7-3-2-6(5-10)4-8(7)11(13)14;1-5(2,3)4/h5-8,19H,9-10H2,1-4H3,(H,20,21,22,23);3-8H,9H2,1-2H3;3-5,12H,6H2,1-2H3,(H2,11,16,17);3-5,11H,6H2,1-2H3;2-4H,5,10H2,1H3;2-4H,1H3;1H3. The number of amides is 1. The van der Waals surface area contributed by atoms with Crippen molar-refractivity contribution in [2.45, 2.75) is 56.2 Å². The van der Waals surface area contributed by atoms with Crippen LogP contribution in [0.15, 0.2) is 143 Å². The number of nitriles is 1. The number of nitro groups is 3. The quantitative estimate of drug-likeness (QED) is 0.0101. The van der Waals surface area contributed by atoms with Gasteiger partial charge in [-0.2, -0.15) is 15.2 Å². The summed E-state index contributed by atoms with van der Waals surface area (Å²) in [6.07, 6.45) is 3.82. The van der Waals surface area contributed by atoms with Crippen molar-refractivity contribution in [1.82, 2.24) is 34.1 Å². The summed E-state index contributed by atoms with van der Waals surface area (Å²) in [6, 6.07) is 32.7. The van der Waals surface area contributed by atoms with Crippen LogP contribution in [0.1, 0.15) is 96.8 Å². The van der Waals surface area contributed by atoms with Crippen molar-refractivity contribution >= 4 is 134 Å². The lowest BCUT2D eigenvalue weighted by molar-refractivity contribution is -0.385. The van der Waals surface area contributed by atoms with E-state index in [0.29, 0.717) is 39.8 Å². The van der Waals surface area contributed by atoms with Crippen molar-refractivity contribution in [2.24, 2.45) is 10.9 Å². The van der Waals surface area contributed by atoms with E-state index < -0.39 is 142 Å². The van der Waals surface area contributed by atoms with Crippen LogP contribution < -0.4 is 44.6 Å². The maximum atomic E-state index is 12.9. The molecule has 47 nitrogen and oxygen atoms in total. The molecular weight excluding hydrogens is 1800 g/mol. The average Bonchev–Trinajstić information content (AvgIpc) is 0.783. The zero-order chi connectivity index (χ0) is 95.3. The van der Waals surface area contributed by atoms with E-state index in [0.717, 1.165) is 83.4 Å². The van der Waals surface area contributed by atoms with Crippen LogP contribution in [0.2, 0.25) is 0 Å². The molecule has 0 saturated heterocycles. The lowest BCUT2D eigenvalue weighted by atomic mass is 10.1. The zero-order valence-corrected chi connectivity index (χ0v) is 73.6. The molecule has 125 heavy (non-hydrogen) atoms. The minimum Gasteiger partial charge on any atom is -0.481 e. The number of carbonyl (C=O) groups is 7. The van der Waals surface area contributed by atoms with E-state index in [4.69, 9.17) is 30.3 Å². The molecule has 1 amide bonds. The molecule has 2 heterocycles. The van der Waals surface area contributed by atoms with E-state index >= 15 is 0 Å². The first-order valence-electron chi connectivity index (χ1n) is 33.9. The van der Waals surface area contributed by atoms with Gasteiger partial charge in [-0.25, -0.2) is 104 Å². The van der Waals surface area contributed by atoms with Crippen LogP contribution in [-0.2, 0) is 125 Å². The van der Waals surface area contributed by atoms with Crippen molar-refractivity contribution in [1.29, 1.82) is 5.26 Å². The van der Waals surface area contributed by atoms with Gasteiger partial charge < -0.3 is 43.6 Å². The van der Waals surface area contributed by atoms with Crippen LogP contribution in [0.25, 0.3) is 0 Å². The van der Waals surface area contributed by atoms with Crippen molar-refractivity contribution in [3.8, 4) is 23.6 Å². The molecule has 2 aromatic heterocycles. The predicted molar refractivity (Wildman–Crippen MR) is 442 cm³/mol. The molecule has 0 unspecified atom stereocenters. The summed E-state index contributed by atoms with van der Waals surface area (Å²) < 4.78 is 178. The Bertz CT molecular complexity index is 6070. The number of benzene rings is 6. The van der Waals surface area contributed by atoms with Gasteiger partial charge in [-0.15, -0.1) is 0 Å². The van der Waals surface area contributed by atoms with Gasteiger partial charge in [0.15, 0.2) is 9.84 Å². The lowest BCUT2D eigenvalue weighted by Gasteiger charge is -2.12. The third-order valence-electron chi connectivity index (χ3n) is 14.4. The van der Waals surface area contributed by atoms with Gasteiger partial charge in [0.1, 0.15) is 40.4 Å². The molecule has 54 heteroatoms. The molecule has 0 fully saturated rings. The van der Waals surface area contributed by atoms with Crippen molar-refractivity contribution in [3.05, 3.63) is 237 Å². The normalized spacial score (nSPS) is 10.8. The van der Waals surface area contributed by atoms with E-state index in [1.165, 1.54) is 88.1 Å². The second-order valence-electron chi connectivity index (χ2n) is 24.3. The molecule has 0 bridgehead atoms. The molecule has 676 valence electrons. The maximum Gasteiger partial charge on any atom is 0.344 e. The van der Waals surface area contributed by atoms with E-state index in [2.05, 4.69) is 73.8 Å². The molecule has 8 aromatic rings. The third-order valence-corrected chi connectivity index (χ3v) is 19.0. The fourth-order valence-electron chi connectivity index (χ4n) is 9.02. The molecule has 0 aliphatic rings. The smallest absolute Gasteiger partial charge is 0.344 e. The van der Waals surface area contributed by atoms with Crippen LogP contribution in [0.4, 0.5) is 23.0 Å². The Morgan fingerprint density at radius 2 is 0.824 bits per heavy atom. The Balaban J connectivity index is 0.000000512. The summed E-state index contributed by atoms with van der Waals surface area (Å²) in [4.78, 5) is 127. The summed E-state index contributed by atoms with van der Waals surface area (Å²) in [5.41, 5.74) is 6.17.